The lowest BCUT2D eigenvalue weighted by atomic mass is 9.99. The maximum absolute atomic E-state index is 12.5. The normalized spacial score (nSPS) is 17.0. The second kappa shape index (κ2) is 6.16. The molecule has 5 heteroatoms. The lowest BCUT2D eigenvalue weighted by Gasteiger charge is -2.09. The van der Waals surface area contributed by atoms with E-state index in [2.05, 4.69) is 0 Å². The minimum Gasteiger partial charge on any atom is -0.463 e. The van der Waals surface area contributed by atoms with Gasteiger partial charge in [-0.25, -0.2) is 4.79 Å². The fourth-order valence-corrected chi connectivity index (χ4v) is 2.26. The number of rotatable bonds is 3. The second-order valence-corrected chi connectivity index (χ2v) is 4.65. The topological polar surface area (TPSA) is 26.3 Å². The molecule has 0 saturated heterocycles. The lowest BCUT2D eigenvalue weighted by Crippen LogP contribution is -2.04. The molecule has 0 unspecified atom stereocenters. The zero-order valence-electron chi connectivity index (χ0n) is 11.5. The molecule has 0 N–H and O–H groups in total. The van der Waals surface area contributed by atoms with Crippen molar-refractivity contribution in [2.24, 2.45) is 0 Å². The van der Waals surface area contributed by atoms with Gasteiger partial charge in [-0.2, -0.15) is 13.2 Å². The van der Waals surface area contributed by atoms with Crippen molar-refractivity contribution in [3.05, 3.63) is 53.1 Å². The molecule has 0 amide bonds. The van der Waals surface area contributed by atoms with Gasteiger partial charge in [-0.3, -0.25) is 0 Å². The molecule has 0 bridgehead atoms. The summed E-state index contributed by atoms with van der Waals surface area (Å²) >= 11 is 0. The predicted molar refractivity (Wildman–Crippen MR) is 73.4 cm³/mol. The molecule has 0 heterocycles. The third kappa shape index (κ3) is 3.74. The first kappa shape index (κ1) is 15.4. The van der Waals surface area contributed by atoms with Crippen LogP contribution in [-0.2, 0) is 15.7 Å². The third-order valence-electron chi connectivity index (χ3n) is 3.21. The summed E-state index contributed by atoms with van der Waals surface area (Å²) in [5.41, 5.74) is 1.60. The molecule has 0 aliphatic heterocycles. The molecule has 0 saturated carbocycles. The van der Waals surface area contributed by atoms with Crippen LogP contribution in [-0.4, -0.2) is 12.6 Å². The predicted octanol–water partition coefficient (Wildman–Crippen LogP) is 4.37. The van der Waals surface area contributed by atoms with Crippen molar-refractivity contribution in [2.75, 3.05) is 6.61 Å². The van der Waals surface area contributed by atoms with Crippen molar-refractivity contribution in [1.82, 2.24) is 0 Å². The average Bonchev–Trinajstić information content (AvgIpc) is 2.86. The number of alkyl halides is 3. The highest BCUT2D eigenvalue weighted by Gasteiger charge is 2.30. The van der Waals surface area contributed by atoms with Crippen molar-refractivity contribution >= 4 is 11.5 Å². The van der Waals surface area contributed by atoms with Crippen molar-refractivity contribution < 1.29 is 22.7 Å². The summed E-state index contributed by atoms with van der Waals surface area (Å²) in [5, 5.41) is 0. The molecule has 0 fully saturated rings. The van der Waals surface area contributed by atoms with Gasteiger partial charge >= 0.3 is 12.1 Å². The van der Waals surface area contributed by atoms with E-state index in [4.69, 9.17) is 4.74 Å². The van der Waals surface area contributed by atoms with Crippen LogP contribution < -0.4 is 0 Å². The largest absolute Gasteiger partial charge is 0.463 e. The first-order valence-corrected chi connectivity index (χ1v) is 6.67. The van der Waals surface area contributed by atoms with E-state index in [1.54, 1.807) is 6.92 Å². The molecular formula is C16H15F3O2. The summed E-state index contributed by atoms with van der Waals surface area (Å²) in [7, 11) is 0. The number of carbonyl (C=O) groups is 1. The van der Waals surface area contributed by atoms with Gasteiger partial charge in [0.05, 0.1) is 12.2 Å². The minimum absolute atomic E-state index is 0.294. The smallest absolute Gasteiger partial charge is 0.416 e. The zero-order chi connectivity index (χ0) is 15.5. The maximum Gasteiger partial charge on any atom is 0.416 e. The maximum atomic E-state index is 12.5. The number of allylic oxidation sites excluding steroid dienone is 3. The Balaban J connectivity index is 2.23. The van der Waals surface area contributed by atoms with E-state index in [-0.39, 0.29) is 0 Å². The number of carbonyl (C=O) groups excluding carboxylic acids is 1. The molecule has 1 aromatic rings. The average molecular weight is 296 g/mol. The Morgan fingerprint density at radius 1 is 1.29 bits per heavy atom. The Morgan fingerprint density at radius 3 is 2.52 bits per heavy atom. The molecule has 0 spiro atoms. The second-order valence-electron chi connectivity index (χ2n) is 4.65. The van der Waals surface area contributed by atoms with Gasteiger partial charge in [0.25, 0.3) is 0 Å². The van der Waals surface area contributed by atoms with Gasteiger partial charge in [-0.05, 0) is 48.6 Å². The van der Waals surface area contributed by atoms with E-state index in [9.17, 15) is 18.0 Å². The molecule has 1 aromatic carbocycles. The van der Waals surface area contributed by atoms with Gasteiger partial charge in [0.2, 0.25) is 0 Å². The SMILES string of the molecule is CCOC(=O)/C=C1\CCC=C1c1ccc(C(F)(F)F)cc1. The van der Waals surface area contributed by atoms with Gasteiger partial charge in [0, 0.05) is 6.08 Å². The molecule has 0 atom stereocenters. The van der Waals surface area contributed by atoms with Crippen LogP contribution >= 0.6 is 0 Å². The fraction of sp³-hybridized carbons (Fsp3) is 0.312. The highest BCUT2D eigenvalue weighted by atomic mass is 19.4. The number of hydrogen-bond donors (Lipinski definition) is 0. The van der Waals surface area contributed by atoms with Crippen molar-refractivity contribution in [1.29, 1.82) is 0 Å². The van der Waals surface area contributed by atoms with Gasteiger partial charge in [0.15, 0.2) is 0 Å². The van der Waals surface area contributed by atoms with Gasteiger partial charge < -0.3 is 4.74 Å². The number of halogens is 3. The summed E-state index contributed by atoms with van der Waals surface area (Å²) in [5.74, 6) is -0.424. The zero-order valence-corrected chi connectivity index (χ0v) is 11.5. The number of ether oxygens (including phenoxy) is 1. The number of hydrogen-bond acceptors (Lipinski definition) is 2. The molecule has 112 valence electrons. The molecule has 2 nitrogen and oxygen atoms in total. The molecular weight excluding hydrogens is 281 g/mol. The Morgan fingerprint density at radius 2 is 1.95 bits per heavy atom. The summed E-state index contributed by atoms with van der Waals surface area (Å²) < 4.78 is 42.5. The Hall–Kier alpha value is -2.04. The van der Waals surface area contributed by atoms with Crippen LogP contribution in [0, 0.1) is 0 Å². The highest BCUT2D eigenvalue weighted by Crippen LogP contribution is 2.35. The van der Waals surface area contributed by atoms with Crippen LogP contribution in [0.5, 0.6) is 0 Å². The van der Waals surface area contributed by atoms with E-state index >= 15 is 0 Å². The molecule has 21 heavy (non-hydrogen) atoms. The van der Waals surface area contributed by atoms with Crippen LogP contribution in [0.4, 0.5) is 13.2 Å². The van der Waals surface area contributed by atoms with Crippen LogP contribution in [0.15, 0.2) is 42.0 Å². The fourth-order valence-electron chi connectivity index (χ4n) is 2.26. The van der Waals surface area contributed by atoms with E-state index in [0.717, 1.165) is 29.7 Å². The number of benzene rings is 1. The summed E-state index contributed by atoms with van der Waals surface area (Å²) in [6.07, 6.45) is 0.455. The van der Waals surface area contributed by atoms with Crippen LogP contribution in [0.3, 0.4) is 0 Å². The standard InChI is InChI=1S/C16H15F3O2/c1-2-21-15(20)10-12-4-3-5-14(12)11-6-8-13(9-7-11)16(17,18)19/h5-10H,2-4H2,1H3/b12-10+. The summed E-state index contributed by atoms with van der Waals surface area (Å²) in [6, 6.07) is 4.96. The minimum atomic E-state index is -4.34. The Kier molecular flexibility index (Phi) is 4.50. The van der Waals surface area contributed by atoms with Crippen molar-refractivity contribution in [2.45, 2.75) is 25.9 Å². The molecule has 2 rings (SSSR count). The summed E-state index contributed by atoms with van der Waals surface area (Å²) in [4.78, 5) is 11.5. The van der Waals surface area contributed by atoms with Crippen LogP contribution in [0.2, 0.25) is 0 Å². The lowest BCUT2D eigenvalue weighted by molar-refractivity contribution is -0.138. The molecule has 1 aliphatic rings. The highest BCUT2D eigenvalue weighted by molar-refractivity contribution is 5.91. The van der Waals surface area contributed by atoms with Crippen LogP contribution in [0.25, 0.3) is 5.57 Å². The van der Waals surface area contributed by atoms with Crippen molar-refractivity contribution in [3.8, 4) is 0 Å². The first-order valence-electron chi connectivity index (χ1n) is 6.67. The first-order chi connectivity index (χ1) is 9.91. The van der Waals surface area contributed by atoms with Crippen molar-refractivity contribution in [3.63, 3.8) is 0 Å². The summed E-state index contributed by atoms with van der Waals surface area (Å²) in [6.45, 7) is 2.01. The van der Waals surface area contributed by atoms with Gasteiger partial charge in [-0.1, -0.05) is 18.2 Å². The van der Waals surface area contributed by atoms with Gasteiger partial charge in [-0.15, -0.1) is 0 Å². The Bertz CT molecular complexity index is 581. The number of esters is 1. The monoisotopic (exact) mass is 296 g/mol. The Labute approximate surface area is 120 Å². The quantitative estimate of drug-likeness (QED) is 0.611. The van der Waals surface area contributed by atoms with E-state index < -0.39 is 17.7 Å². The molecule has 0 radical (unpaired) electrons. The third-order valence-corrected chi connectivity index (χ3v) is 3.21. The van der Waals surface area contributed by atoms with E-state index in [0.29, 0.717) is 18.6 Å². The molecule has 1 aliphatic carbocycles. The van der Waals surface area contributed by atoms with E-state index in [1.165, 1.54) is 18.2 Å². The van der Waals surface area contributed by atoms with E-state index in [1.807, 2.05) is 6.08 Å². The van der Waals surface area contributed by atoms with Crippen LogP contribution in [0.1, 0.15) is 30.9 Å². The van der Waals surface area contributed by atoms with Gasteiger partial charge in [0.1, 0.15) is 0 Å². The molecule has 0 aromatic heterocycles.